The average molecular weight is 257 g/mol. The Balaban J connectivity index is 1.81. The molecule has 1 aliphatic heterocycles. The Bertz CT molecular complexity index is 580. The lowest BCUT2D eigenvalue weighted by Gasteiger charge is -2.12. The van der Waals surface area contributed by atoms with E-state index in [2.05, 4.69) is 5.32 Å². The molecule has 3 rings (SSSR count). The smallest absolute Gasteiger partial charge is 0.146 e. The van der Waals surface area contributed by atoms with Crippen LogP contribution in [0.15, 0.2) is 42.5 Å². The van der Waals surface area contributed by atoms with E-state index in [1.165, 1.54) is 6.07 Å². The lowest BCUT2D eigenvalue weighted by Crippen LogP contribution is -2.06. The summed E-state index contributed by atoms with van der Waals surface area (Å²) in [7, 11) is 0. The highest BCUT2D eigenvalue weighted by Crippen LogP contribution is 2.36. The van der Waals surface area contributed by atoms with Crippen LogP contribution in [-0.4, -0.2) is 6.61 Å². The van der Waals surface area contributed by atoms with Crippen LogP contribution in [0.25, 0.3) is 0 Å². The van der Waals surface area contributed by atoms with Crippen LogP contribution < -0.4 is 10.1 Å². The lowest BCUT2D eigenvalue weighted by atomic mass is 10.0. The van der Waals surface area contributed by atoms with Crippen molar-refractivity contribution in [1.82, 2.24) is 0 Å². The number of halogens is 1. The molecule has 2 aromatic carbocycles. The van der Waals surface area contributed by atoms with E-state index in [1.807, 2.05) is 37.3 Å². The average Bonchev–Trinajstić information content (AvgIpc) is 2.85. The van der Waals surface area contributed by atoms with Gasteiger partial charge in [-0.15, -0.1) is 0 Å². The number of hydrogen-bond acceptors (Lipinski definition) is 2. The van der Waals surface area contributed by atoms with Gasteiger partial charge in [0.1, 0.15) is 11.6 Å². The van der Waals surface area contributed by atoms with Crippen LogP contribution in [0, 0.1) is 5.82 Å². The van der Waals surface area contributed by atoms with Crippen molar-refractivity contribution in [1.29, 1.82) is 0 Å². The fraction of sp³-hybridized carbons (Fsp3) is 0.250. The Morgan fingerprint density at radius 2 is 2.00 bits per heavy atom. The number of anilines is 1. The van der Waals surface area contributed by atoms with Crippen molar-refractivity contribution in [2.75, 3.05) is 11.9 Å². The fourth-order valence-corrected chi connectivity index (χ4v) is 2.51. The third-order valence-corrected chi connectivity index (χ3v) is 3.44. The molecule has 98 valence electrons. The van der Waals surface area contributed by atoms with Crippen molar-refractivity contribution >= 4 is 5.69 Å². The molecule has 0 aromatic heterocycles. The molecule has 2 aromatic rings. The second-order valence-electron chi connectivity index (χ2n) is 4.68. The minimum absolute atomic E-state index is 0.141. The maximum atomic E-state index is 13.7. The number of hydrogen-bond donors (Lipinski definition) is 1. The molecule has 1 atom stereocenters. The van der Waals surface area contributed by atoms with Gasteiger partial charge in [-0.25, -0.2) is 4.39 Å². The molecular formula is C16H16FNO. The van der Waals surface area contributed by atoms with Gasteiger partial charge in [-0.1, -0.05) is 24.3 Å². The predicted octanol–water partition coefficient (Wildman–Crippen LogP) is 3.93. The lowest BCUT2D eigenvalue weighted by molar-refractivity contribution is 0.340. The third kappa shape index (κ3) is 2.28. The standard InChI is InChI=1S/C16H16FNO/c1-2-19-13-8-6-11(7-9-13)15-10-12-4-3-5-14(17)16(12)18-15/h3-9,15,18H,2,10H2,1H3. The quantitative estimate of drug-likeness (QED) is 0.899. The summed E-state index contributed by atoms with van der Waals surface area (Å²) >= 11 is 0. The molecule has 3 heteroatoms. The molecule has 0 radical (unpaired) electrons. The summed E-state index contributed by atoms with van der Waals surface area (Å²) in [5.41, 5.74) is 2.83. The molecule has 0 fully saturated rings. The Kier molecular flexibility index (Phi) is 3.11. The van der Waals surface area contributed by atoms with E-state index in [-0.39, 0.29) is 11.9 Å². The van der Waals surface area contributed by atoms with E-state index in [0.29, 0.717) is 12.3 Å². The number of rotatable bonds is 3. The number of para-hydroxylation sites is 1. The number of nitrogens with one attached hydrogen (secondary N) is 1. The Morgan fingerprint density at radius 1 is 1.21 bits per heavy atom. The van der Waals surface area contributed by atoms with E-state index in [4.69, 9.17) is 4.74 Å². The Morgan fingerprint density at radius 3 is 2.68 bits per heavy atom. The third-order valence-electron chi connectivity index (χ3n) is 3.44. The first-order valence-electron chi connectivity index (χ1n) is 6.54. The molecule has 0 aliphatic carbocycles. The summed E-state index contributed by atoms with van der Waals surface area (Å²) in [6.45, 7) is 2.63. The summed E-state index contributed by atoms with van der Waals surface area (Å²) in [5.74, 6) is 0.693. The van der Waals surface area contributed by atoms with Crippen LogP contribution >= 0.6 is 0 Å². The zero-order valence-electron chi connectivity index (χ0n) is 10.8. The summed E-state index contributed by atoms with van der Waals surface area (Å²) in [5, 5.41) is 3.25. The van der Waals surface area contributed by atoms with E-state index in [1.54, 1.807) is 6.07 Å². The van der Waals surface area contributed by atoms with Crippen LogP contribution in [-0.2, 0) is 6.42 Å². The summed E-state index contributed by atoms with van der Waals surface area (Å²) < 4.78 is 19.1. The van der Waals surface area contributed by atoms with Gasteiger partial charge in [-0.05, 0) is 42.7 Å². The van der Waals surface area contributed by atoms with Crippen molar-refractivity contribution in [3.63, 3.8) is 0 Å². The molecule has 2 nitrogen and oxygen atoms in total. The van der Waals surface area contributed by atoms with Crippen LogP contribution in [0.4, 0.5) is 10.1 Å². The molecule has 1 N–H and O–H groups in total. The van der Waals surface area contributed by atoms with Crippen molar-refractivity contribution in [2.45, 2.75) is 19.4 Å². The monoisotopic (exact) mass is 257 g/mol. The summed E-state index contributed by atoms with van der Waals surface area (Å²) in [6.07, 6.45) is 0.821. The maximum Gasteiger partial charge on any atom is 0.146 e. The molecule has 1 aliphatic rings. The molecular weight excluding hydrogens is 241 g/mol. The first-order chi connectivity index (χ1) is 9.28. The van der Waals surface area contributed by atoms with Gasteiger partial charge in [0.05, 0.1) is 18.3 Å². The van der Waals surface area contributed by atoms with Crippen molar-refractivity contribution in [3.8, 4) is 5.75 Å². The highest BCUT2D eigenvalue weighted by molar-refractivity contribution is 5.59. The van der Waals surface area contributed by atoms with Gasteiger partial charge in [-0.3, -0.25) is 0 Å². The van der Waals surface area contributed by atoms with Crippen LogP contribution in [0.3, 0.4) is 0 Å². The minimum Gasteiger partial charge on any atom is -0.494 e. The van der Waals surface area contributed by atoms with Crippen molar-refractivity contribution in [2.24, 2.45) is 0 Å². The van der Waals surface area contributed by atoms with E-state index >= 15 is 0 Å². The summed E-state index contributed by atoms with van der Waals surface area (Å²) in [6, 6.07) is 13.4. The normalized spacial score (nSPS) is 16.8. The van der Waals surface area contributed by atoms with Crippen LogP contribution in [0.5, 0.6) is 5.75 Å². The van der Waals surface area contributed by atoms with Crippen LogP contribution in [0.1, 0.15) is 24.1 Å². The maximum absolute atomic E-state index is 13.7. The highest BCUT2D eigenvalue weighted by atomic mass is 19.1. The molecule has 0 amide bonds. The van der Waals surface area contributed by atoms with E-state index in [0.717, 1.165) is 23.3 Å². The van der Waals surface area contributed by atoms with Crippen molar-refractivity contribution < 1.29 is 9.13 Å². The van der Waals surface area contributed by atoms with Gasteiger partial charge in [0.25, 0.3) is 0 Å². The topological polar surface area (TPSA) is 21.3 Å². The van der Waals surface area contributed by atoms with Gasteiger partial charge >= 0.3 is 0 Å². The Hall–Kier alpha value is -2.03. The number of ether oxygens (including phenoxy) is 1. The Labute approximate surface area is 112 Å². The van der Waals surface area contributed by atoms with Gasteiger partial charge in [-0.2, -0.15) is 0 Å². The van der Waals surface area contributed by atoms with E-state index in [9.17, 15) is 4.39 Å². The number of benzene rings is 2. The molecule has 1 unspecified atom stereocenters. The van der Waals surface area contributed by atoms with Crippen LogP contribution in [0.2, 0.25) is 0 Å². The fourth-order valence-electron chi connectivity index (χ4n) is 2.51. The SMILES string of the molecule is CCOc1ccc(C2Cc3cccc(F)c3N2)cc1. The number of fused-ring (bicyclic) bond motifs is 1. The van der Waals surface area contributed by atoms with Crippen molar-refractivity contribution in [3.05, 3.63) is 59.4 Å². The molecule has 19 heavy (non-hydrogen) atoms. The molecule has 1 heterocycles. The zero-order valence-corrected chi connectivity index (χ0v) is 10.8. The van der Waals surface area contributed by atoms with Gasteiger partial charge in [0, 0.05) is 0 Å². The first kappa shape index (κ1) is 12.0. The zero-order chi connectivity index (χ0) is 13.2. The second kappa shape index (κ2) is 4.92. The summed E-state index contributed by atoms with van der Waals surface area (Å²) in [4.78, 5) is 0. The second-order valence-corrected chi connectivity index (χ2v) is 4.68. The minimum atomic E-state index is -0.175. The van der Waals surface area contributed by atoms with Gasteiger partial charge in [0.15, 0.2) is 0 Å². The highest BCUT2D eigenvalue weighted by Gasteiger charge is 2.24. The van der Waals surface area contributed by atoms with Gasteiger partial charge < -0.3 is 10.1 Å². The van der Waals surface area contributed by atoms with Gasteiger partial charge in [0.2, 0.25) is 0 Å². The largest absolute Gasteiger partial charge is 0.494 e. The van der Waals surface area contributed by atoms with E-state index < -0.39 is 0 Å². The molecule has 0 spiro atoms. The molecule has 0 bridgehead atoms. The molecule has 0 saturated heterocycles. The molecule has 0 saturated carbocycles. The first-order valence-corrected chi connectivity index (χ1v) is 6.54. The predicted molar refractivity (Wildman–Crippen MR) is 74.1 cm³/mol.